The normalized spacial score (nSPS) is 28.2. The van der Waals surface area contributed by atoms with Crippen LogP contribution in [0, 0.1) is 0 Å². The van der Waals surface area contributed by atoms with Crippen LogP contribution in [0.5, 0.6) is 0 Å². The number of hydrogen-bond acceptors (Lipinski definition) is 3. The summed E-state index contributed by atoms with van der Waals surface area (Å²) < 4.78 is 5.46. The molecule has 1 aliphatic heterocycles. The van der Waals surface area contributed by atoms with E-state index < -0.39 is 0 Å². The first-order chi connectivity index (χ1) is 8.19. The molecule has 1 aliphatic rings. The van der Waals surface area contributed by atoms with Crippen molar-refractivity contribution in [1.29, 1.82) is 0 Å². The van der Waals surface area contributed by atoms with Crippen LogP contribution in [0.3, 0.4) is 0 Å². The van der Waals surface area contributed by atoms with Crippen LogP contribution < -0.4 is 5.32 Å². The van der Waals surface area contributed by atoms with E-state index in [-0.39, 0.29) is 0 Å². The summed E-state index contributed by atoms with van der Waals surface area (Å²) in [5.41, 5.74) is 0. The van der Waals surface area contributed by atoms with Crippen molar-refractivity contribution in [1.82, 2.24) is 10.2 Å². The first kappa shape index (κ1) is 14.9. The van der Waals surface area contributed by atoms with Gasteiger partial charge in [0.25, 0.3) is 0 Å². The quantitative estimate of drug-likeness (QED) is 0.693. The van der Waals surface area contributed by atoms with Gasteiger partial charge in [-0.05, 0) is 52.6 Å². The standard InChI is InChI=1S/C14H30N2O/c1-5-8-15-9-6-12(2)16-10-7-14(17-4)11-13(16)3/h12-15H,5-11H2,1-4H3. The number of nitrogens with one attached hydrogen (secondary N) is 1. The van der Waals surface area contributed by atoms with Crippen molar-refractivity contribution in [2.75, 3.05) is 26.7 Å². The van der Waals surface area contributed by atoms with Gasteiger partial charge in [0.2, 0.25) is 0 Å². The Labute approximate surface area is 107 Å². The lowest BCUT2D eigenvalue weighted by Crippen LogP contribution is -2.48. The third-order valence-electron chi connectivity index (χ3n) is 3.94. The van der Waals surface area contributed by atoms with Crippen LogP contribution in [-0.2, 0) is 4.74 Å². The van der Waals surface area contributed by atoms with Crippen LogP contribution in [0.2, 0.25) is 0 Å². The Morgan fingerprint density at radius 3 is 2.76 bits per heavy atom. The third-order valence-corrected chi connectivity index (χ3v) is 3.94. The van der Waals surface area contributed by atoms with E-state index in [1.807, 2.05) is 7.11 Å². The van der Waals surface area contributed by atoms with E-state index in [4.69, 9.17) is 4.74 Å². The molecule has 17 heavy (non-hydrogen) atoms. The number of piperidine rings is 1. The van der Waals surface area contributed by atoms with Gasteiger partial charge in [-0.25, -0.2) is 0 Å². The number of likely N-dealkylation sites (tertiary alicyclic amines) is 1. The first-order valence-corrected chi connectivity index (χ1v) is 7.18. The zero-order valence-electron chi connectivity index (χ0n) is 12.0. The predicted octanol–water partition coefficient (Wildman–Crippen LogP) is 2.26. The van der Waals surface area contributed by atoms with E-state index in [0.717, 1.165) is 13.1 Å². The number of nitrogens with zero attached hydrogens (tertiary/aromatic N) is 1. The molecule has 0 bridgehead atoms. The molecule has 0 aromatic carbocycles. The van der Waals surface area contributed by atoms with Gasteiger partial charge in [0.05, 0.1) is 6.10 Å². The van der Waals surface area contributed by atoms with E-state index >= 15 is 0 Å². The molecular formula is C14H30N2O. The lowest BCUT2D eigenvalue weighted by atomic mass is 9.98. The lowest BCUT2D eigenvalue weighted by Gasteiger charge is -2.41. The molecule has 3 heteroatoms. The second kappa shape index (κ2) is 8.06. The number of methoxy groups -OCH3 is 1. The molecule has 0 aromatic rings. The van der Waals surface area contributed by atoms with E-state index in [0.29, 0.717) is 18.2 Å². The molecular weight excluding hydrogens is 212 g/mol. The second-order valence-electron chi connectivity index (χ2n) is 5.36. The SMILES string of the molecule is CCCNCCC(C)N1CCC(OC)CC1C. The van der Waals surface area contributed by atoms with Gasteiger partial charge in [0.15, 0.2) is 0 Å². The van der Waals surface area contributed by atoms with E-state index in [1.165, 1.54) is 32.2 Å². The fourth-order valence-electron chi connectivity index (χ4n) is 2.79. The maximum Gasteiger partial charge on any atom is 0.0598 e. The van der Waals surface area contributed by atoms with Gasteiger partial charge in [0, 0.05) is 25.7 Å². The maximum absolute atomic E-state index is 5.46. The Hall–Kier alpha value is -0.120. The van der Waals surface area contributed by atoms with Gasteiger partial charge in [-0.1, -0.05) is 6.92 Å². The summed E-state index contributed by atoms with van der Waals surface area (Å²) in [6, 6.07) is 1.35. The van der Waals surface area contributed by atoms with Gasteiger partial charge in [-0.2, -0.15) is 0 Å². The van der Waals surface area contributed by atoms with Crippen LogP contribution >= 0.6 is 0 Å². The summed E-state index contributed by atoms with van der Waals surface area (Å²) in [5.74, 6) is 0. The molecule has 1 N–H and O–H groups in total. The van der Waals surface area contributed by atoms with Gasteiger partial charge in [-0.15, -0.1) is 0 Å². The highest BCUT2D eigenvalue weighted by Gasteiger charge is 2.27. The molecule has 0 radical (unpaired) electrons. The molecule has 0 spiro atoms. The fraction of sp³-hybridized carbons (Fsp3) is 1.00. The molecule has 3 unspecified atom stereocenters. The van der Waals surface area contributed by atoms with Crippen molar-refractivity contribution < 1.29 is 4.74 Å². The predicted molar refractivity (Wildman–Crippen MR) is 73.4 cm³/mol. The highest BCUT2D eigenvalue weighted by Crippen LogP contribution is 2.22. The zero-order chi connectivity index (χ0) is 12.7. The molecule has 1 heterocycles. The summed E-state index contributed by atoms with van der Waals surface area (Å²) in [4.78, 5) is 2.64. The van der Waals surface area contributed by atoms with Gasteiger partial charge in [-0.3, -0.25) is 4.90 Å². The van der Waals surface area contributed by atoms with Gasteiger partial charge in [0.1, 0.15) is 0 Å². The Kier molecular flexibility index (Phi) is 7.09. The highest BCUT2D eigenvalue weighted by atomic mass is 16.5. The summed E-state index contributed by atoms with van der Waals surface area (Å²) in [6.45, 7) is 10.4. The van der Waals surface area contributed by atoms with Gasteiger partial charge < -0.3 is 10.1 Å². The van der Waals surface area contributed by atoms with Crippen LogP contribution in [0.4, 0.5) is 0 Å². The first-order valence-electron chi connectivity index (χ1n) is 7.18. The number of hydrogen-bond donors (Lipinski definition) is 1. The minimum atomic E-state index is 0.478. The van der Waals surface area contributed by atoms with E-state index in [2.05, 4.69) is 31.0 Å². The Balaban J connectivity index is 2.24. The fourth-order valence-corrected chi connectivity index (χ4v) is 2.79. The van der Waals surface area contributed by atoms with Crippen molar-refractivity contribution in [3.8, 4) is 0 Å². The third kappa shape index (κ3) is 4.94. The minimum Gasteiger partial charge on any atom is -0.381 e. The molecule has 0 amide bonds. The molecule has 1 fully saturated rings. The Morgan fingerprint density at radius 2 is 2.18 bits per heavy atom. The van der Waals surface area contributed by atoms with Crippen molar-refractivity contribution >= 4 is 0 Å². The van der Waals surface area contributed by atoms with Crippen molar-refractivity contribution in [2.24, 2.45) is 0 Å². The van der Waals surface area contributed by atoms with Crippen LogP contribution in [0.1, 0.15) is 46.5 Å². The van der Waals surface area contributed by atoms with Crippen LogP contribution in [0.15, 0.2) is 0 Å². The molecule has 3 nitrogen and oxygen atoms in total. The average Bonchev–Trinajstić information content (AvgIpc) is 2.34. The summed E-state index contributed by atoms with van der Waals surface area (Å²) in [7, 11) is 1.84. The van der Waals surface area contributed by atoms with Crippen molar-refractivity contribution in [3.63, 3.8) is 0 Å². The monoisotopic (exact) mass is 242 g/mol. The Morgan fingerprint density at radius 1 is 1.41 bits per heavy atom. The molecule has 102 valence electrons. The summed E-state index contributed by atoms with van der Waals surface area (Å²) in [5, 5.41) is 3.49. The molecule has 0 aliphatic carbocycles. The van der Waals surface area contributed by atoms with E-state index in [9.17, 15) is 0 Å². The van der Waals surface area contributed by atoms with Crippen LogP contribution in [0.25, 0.3) is 0 Å². The second-order valence-corrected chi connectivity index (χ2v) is 5.36. The molecule has 1 rings (SSSR count). The summed E-state index contributed by atoms with van der Waals surface area (Å²) in [6.07, 6.45) is 5.33. The Bertz CT molecular complexity index is 199. The topological polar surface area (TPSA) is 24.5 Å². The molecule has 0 aromatic heterocycles. The van der Waals surface area contributed by atoms with Crippen molar-refractivity contribution in [2.45, 2.75) is 64.6 Å². The highest BCUT2D eigenvalue weighted by molar-refractivity contribution is 4.82. The maximum atomic E-state index is 5.46. The molecule has 1 saturated heterocycles. The lowest BCUT2D eigenvalue weighted by molar-refractivity contribution is 0.000516. The van der Waals surface area contributed by atoms with Crippen molar-refractivity contribution in [3.05, 3.63) is 0 Å². The average molecular weight is 242 g/mol. The smallest absolute Gasteiger partial charge is 0.0598 e. The largest absolute Gasteiger partial charge is 0.381 e. The van der Waals surface area contributed by atoms with Gasteiger partial charge >= 0.3 is 0 Å². The van der Waals surface area contributed by atoms with E-state index in [1.54, 1.807) is 0 Å². The molecule has 3 atom stereocenters. The molecule has 0 saturated carbocycles. The zero-order valence-corrected chi connectivity index (χ0v) is 12.0. The number of ether oxygens (including phenoxy) is 1. The number of rotatable bonds is 7. The van der Waals surface area contributed by atoms with Crippen LogP contribution in [-0.4, -0.2) is 49.8 Å². The minimum absolute atomic E-state index is 0.478. The summed E-state index contributed by atoms with van der Waals surface area (Å²) >= 11 is 0.